The van der Waals surface area contributed by atoms with E-state index in [1.54, 1.807) is 11.3 Å². The molecule has 2 rings (SSSR count). The van der Waals surface area contributed by atoms with Gasteiger partial charge in [0.1, 0.15) is 4.32 Å². The molecule has 2 nitrogen and oxygen atoms in total. The first kappa shape index (κ1) is 14.2. The highest BCUT2D eigenvalue weighted by molar-refractivity contribution is 8.23. The van der Waals surface area contributed by atoms with Gasteiger partial charge in [0.25, 0.3) is 0 Å². The van der Waals surface area contributed by atoms with Gasteiger partial charge in [0.2, 0.25) is 0 Å². The standard InChI is InChI=1S/C14H13NOS3/c15-14(17)19-13(11-6-7-18-9-11)8-12(16)10-4-2-1-3-5-10/h1-7,9,13H,8H2,(H2,15,17)/t13-/m1/s1. The van der Waals surface area contributed by atoms with Crippen molar-refractivity contribution in [1.29, 1.82) is 0 Å². The van der Waals surface area contributed by atoms with Gasteiger partial charge in [0.15, 0.2) is 5.78 Å². The summed E-state index contributed by atoms with van der Waals surface area (Å²) in [6.07, 6.45) is 0.406. The van der Waals surface area contributed by atoms with Crippen molar-refractivity contribution >= 4 is 45.4 Å². The summed E-state index contributed by atoms with van der Waals surface area (Å²) < 4.78 is 0.372. The Labute approximate surface area is 126 Å². The van der Waals surface area contributed by atoms with Crippen LogP contribution in [0.1, 0.15) is 27.6 Å². The number of benzene rings is 1. The summed E-state index contributed by atoms with van der Waals surface area (Å²) in [7, 11) is 0. The monoisotopic (exact) mass is 307 g/mol. The lowest BCUT2D eigenvalue weighted by Gasteiger charge is -2.13. The molecule has 0 spiro atoms. The fourth-order valence-corrected chi connectivity index (χ4v) is 3.68. The number of nitrogens with two attached hydrogens (primary N) is 1. The number of thiocarbonyl (C=S) groups is 1. The van der Waals surface area contributed by atoms with Gasteiger partial charge in [-0.3, -0.25) is 4.79 Å². The summed E-state index contributed by atoms with van der Waals surface area (Å²) in [5.74, 6) is 0.112. The molecule has 19 heavy (non-hydrogen) atoms. The van der Waals surface area contributed by atoms with Crippen molar-refractivity contribution in [1.82, 2.24) is 0 Å². The lowest BCUT2D eigenvalue weighted by Crippen LogP contribution is -2.10. The second kappa shape index (κ2) is 6.84. The third kappa shape index (κ3) is 4.16. The van der Waals surface area contributed by atoms with Crippen molar-refractivity contribution in [3.8, 4) is 0 Å². The van der Waals surface area contributed by atoms with Gasteiger partial charge in [0, 0.05) is 17.2 Å². The van der Waals surface area contributed by atoms with E-state index in [0.29, 0.717) is 10.7 Å². The zero-order valence-corrected chi connectivity index (χ0v) is 12.6. The van der Waals surface area contributed by atoms with Crippen LogP contribution in [0.5, 0.6) is 0 Å². The molecule has 98 valence electrons. The van der Waals surface area contributed by atoms with Crippen molar-refractivity contribution in [2.45, 2.75) is 11.7 Å². The van der Waals surface area contributed by atoms with Crippen LogP contribution < -0.4 is 5.73 Å². The van der Waals surface area contributed by atoms with Gasteiger partial charge in [-0.25, -0.2) is 0 Å². The molecule has 0 aliphatic heterocycles. The normalized spacial score (nSPS) is 12.0. The predicted octanol–water partition coefficient (Wildman–Crippen LogP) is 4.04. The minimum atomic E-state index is -0.00328. The third-order valence-corrected chi connectivity index (χ3v) is 4.59. The summed E-state index contributed by atoms with van der Waals surface area (Å²) in [5.41, 5.74) is 7.43. The van der Waals surface area contributed by atoms with Crippen LogP contribution in [0.15, 0.2) is 47.2 Å². The van der Waals surface area contributed by atoms with Crippen LogP contribution in [-0.4, -0.2) is 10.1 Å². The molecule has 2 N–H and O–H groups in total. The highest BCUT2D eigenvalue weighted by atomic mass is 32.2. The van der Waals surface area contributed by atoms with Crippen molar-refractivity contribution in [3.05, 3.63) is 58.3 Å². The van der Waals surface area contributed by atoms with Crippen molar-refractivity contribution in [3.63, 3.8) is 0 Å². The quantitative estimate of drug-likeness (QED) is 0.669. The second-order valence-corrected chi connectivity index (χ2v) is 6.70. The van der Waals surface area contributed by atoms with Gasteiger partial charge in [-0.15, -0.1) is 0 Å². The molecule has 0 bridgehead atoms. The Balaban J connectivity index is 2.12. The smallest absolute Gasteiger partial charge is 0.164 e. The molecule has 1 aromatic heterocycles. The predicted molar refractivity (Wildman–Crippen MR) is 86.8 cm³/mol. The van der Waals surface area contributed by atoms with E-state index in [2.05, 4.69) is 0 Å². The van der Waals surface area contributed by atoms with Crippen LogP contribution in [0.4, 0.5) is 0 Å². The van der Waals surface area contributed by atoms with Crippen molar-refractivity contribution in [2.75, 3.05) is 0 Å². The fourth-order valence-electron chi connectivity index (χ4n) is 1.74. The van der Waals surface area contributed by atoms with Gasteiger partial charge in [0.05, 0.1) is 0 Å². The Morgan fingerprint density at radius 3 is 2.63 bits per heavy atom. The maximum Gasteiger partial charge on any atom is 0.164 e. The third-order valence-electron chi connectivity index (χ3n) is 2.64. The molecular formula is C14H13NOS3. The van der Waals surface area contributed by atoms with E-state index in [-0.39, 0.29) is 11.0 Å². The first-order valence-electron chi connectivity index (χ1n) is 5.73. The second-order valence-electron chi connectivity index (χ2n) is 3.98. The number of hydrogen-bond donors (Lipinski definition) is 1. The van der Waals surface area contributed by atoms with Gasteiger partial charge < -0.3 is 5.73 Å². The topological polar surface area (TPSA) is 43.1 Å². The van der Waals surface area contributed by atoms with Gasteiger partial charge in [-0.05, 0) is 22.4 Å². The Hall–Kier alpha value is -1.17. The molecule has 0 saturated heterocycles. The van der Waals surface area contributed by atoms with E-state index in [1.807, 2.05) is 47.2 Å². The lowest BCUT2D eigenvalue weighted by molar-refractivity contribution is 0.0982. The number of Topliss-reactive ketones (excluding diaryl/α,β-unsaturated/α-hetero) is 1. The summed E-state index contributed by atoms with van der Waals surface area (Å²) in [4.78, 5) is 12.2. The first-order valence-corrected chi connectivity index (χ1v) is 7.96. The van der Waals surface area contributed by atoms with Crippen LogP contribution in [0, 0.1) is 0 Å². The average Bonchev–Trinajstić information content (AvgIpc) is 2.92. The van der Waals surface area contributed by atoms with E-state index in [9.17, 15) is 4.79 Å². The molecule has 0 fully saturated rings. The molecule has 1 aromatic carbocycles. The molecule has 2 aromatic rings. The molecule has 0 radical (unpaired) electrons. The van der Waals surface area contributed by atoms with Crippen LogP contribution >= 0.6 is 35.3 Å². The summed E-state index contributed by atoms with van der Waals surface area (Å²) in [6, 6.07) is 11.3. The number of carbonyl (C=O) groups excluding carboxylic acids is 1. The Morgan fingerprint density at radius 1 is 1.32 bits per heavy atom. The Bertz CT molecular complexity index is 551. The highest BCUT2D eigenvalue weighted by Crippen LogP contribution is 2.34. The molecular weight excluding hydrogens is 294 g/mol. The number of thioether (sulfide) groups is 1. The zero-order valence-electron chi connectivity index (χ0n) is 10.1. The van der Waals surface area contributed by atoms with Crippen LogP contribution in [0.25, 0.3) is 0 Å². The molecule has 0 aliphatic carbocycles. The lowest BCUT2D eigenvalue weighted by atomic mass is 10.0. The van der Waals surface area contributed by atoms with Gasteiger partial charge in [-0.1, -0.05) is 54.3 Å². The van der Waals surface area contributed by atoms with E-state index >= 15 is 0 Å². The van der Waals surface area contributed by atoms with E-state index in [4.69, 9.17) is 18.0 Å². The minimum absolute atomic E-state index is 0.00328. The van der Waals surface area contributed by atoms with Crippen LogP contribution in [-0.2, 0) is 0 Å². The average molecular weight is 307 g/mol. The molecule has 0 unspecified atom stereocenters. The number of hydrogen-bond acceptors (Lipinski definition) is 4. The molecule has 5 heteroatoms. The first-order chi connectivity index (χ1) is 9.16. The number of thiophene rings is 1. The van der Waals surface area contributed by atoms with Gasteiger partial charge >= 0.3 is 0 Å². The highest BCUT2D eigenvalue weighted by Gasteiger charge is 2.19. The minimum Gasteiger partial charge on any atom is -0.385 e. The van der Waals surface area contributed by atoms with Crippen LogP contribution in [0.3, 0.4) is 0 Å². The number of carbonyl (C=O) groups is 1. The molecule has 1 heterocycles. The molecule has 1 atom stereocenters. The largest absolute Gasteiger partial charge is 0.385 e. The summed E-state index contributed by atoms with van der Waals surface area (Å²) >= 11 is 7.93. The SMILES string of the molecule is NC(=S)S[C@H](CC(=O)c1ccccc1)c1ccsc1. The molecule has 0 aliphatic rings. The summed E-state index contributed by atoms with van der Waals surface area (Å²) in [6.45, 7) is 0. The number of rotatable bonds is 5. The Morgan fingerprint density at radius 2 is 2.05 bits per heavy atom. The van der Waals surface area contributed by atoms with Gasteiger partial charge in [-0.2, -0.15) is 11.3 Å². The van der Waals surface area contributed by atoms with Crippen molar-refractivity contribution < 1.29 is 4.79 Å². The van der Waals surface area contributed by atoms with Crippen molar-refractivity contribution in [2.24, 2.45) is 5.73 Å². The molecule has 0 saturated carbocycles. The van der Waals surface area contributed by atoms with Crippen LogP contribution in [0.2, 0.25) is 0 Å². The van der Waals surface area contributed by atoms with E-state index in [1.165, 1.54) is 11.8 Å². The molecule has 0 amide bonds. The van der Waals surface area contributed by atoms with E-state index < -0.39 is 0 Å². The Kier molecular flexibility index (Phi) is 5.13. The maximum absolute atomic E-state index is 12.2. The zero-order chi connectivity index (χ0) is 13.7. The fraction of sp³-hybridized carbons (Fsp3) is 0.143. The maximum atomic E-state index is 12.2. The number of ketones is 1. The summed E-state index contributed by atoms with van der Waals surface area (Å²) in [5, 5.41) is 4.03. The van der Waals surface area contributed by atoms with E-state index in [0.717, 1.165) is 11.1 Å².